The monoisotopic (exact) mass is 315 g/mol. The third kappa shape index (κ3) is 3.65. The highest BCUT2D eigenvalue weighted by Crippen LogP contribution is 2.21. The number of nitrogens with zero attached hydrogens (tertiary/aromatic N) is 1. The Morgan fingerprint density at radius 1 is 1.39 bits per heavy atom. The molecule has 1 aromatic heterocycles. The Labute approximate surface area is 133 Å². The first-order valence-electron chi connectivity index (χ1n) is 7.47. The molecule has 0 amide bonds. The number of benzene rings is 1. The normalized spacial score (nSPS) is 13.3. The molecule has 6 heteroatoms. The van der Waals surface area contributed by atoms with Crippen molar-refractivity contribution in [3.8, 4) is 0 Å². The Bertz CT molecular complexity index is 734. The quantitative estimate of drug-likeness (QED) is 0.848. The number of methoxy groups -OCH3 is 1. The molecule has 23 heavy (non-hydrogen) atoms. The van der Waals surface area contributed by atoms with Crippen LogP contribution in [-0.2, 0) is 28.9 Å². The highest BCUT2D eigenvalue weighted by molar-refractivity contribution is 5.72. The lowest BCUT2D eigenvalue weighted by molar-refractivity contribution is -0.139. The second kappa shape index (κ2) is 6.75. The molecule has 1 aromatic carbocycles. The van der Waals surface area contributed by atoms with Crippen LogP contribution in [0.3, 0.4) is 0 Å². The summed E-state index contributed by atoms with van der Waals surface area (Å²) in [6.07, 6.45) is 0.894. The van der Waals surface area contributed by atoms with Crippen molar-refractivity contribution in [2.24, 2.45) is 0 Å². The largest absolute Gasteiger partial charge is 0.469 e. The molecule has 1 aliphatic heterocycles. The summed E-state index contributed by atoms with van der Waals surface area (Å²) in [4.78, 5) is 15.8. The number of hydrogen-bond acceptors (Lipinski definition) is 5. The van der Waals surface area contributed by atoms with E-state index in [9.17, 15) is 9.18 Å². The number of carbonyl (C=O) groups is 1. The molecule has 2 aromatic rings. The third-order valence-corrected chi connectivity index (χ3v) is 3.82. The summed E-state index contributed by atoms with van der Waals surface area (Å²) in [5, 5.41) is 6.37. The first-order chi connectivity index (χ1) is 11.2. The standard InChI is InChI=1S/C17H18FN3O2/c1-23-17(22)8-12-2-4-13(9-14(12)18)20-16-5-3-11-6-7-19-10-15(11)21-16/h2-5,9,19H,6-8,10H2,1H3,(H,20,21). The number of anilines is 2. The maximum Gasteiger partial charge on any atom is 0.310 e. The molecule has 0 saturated carbocycles. The van der Waals surface area contributed by atoms with Crippen LogP contribution in [0.5, 0.6) is 0 Å². The minimum absolute atomic E-state index is 0.0780. The molecule has 0 atom stereocenters. The maximum atomic E-state index is 14.0. The van der Waals surface area contributed by atoms with Gasteiger partial charge in [0, 0.05) is 12.2 Å². The molecule has 0 bridgehead atoms. The zero-order valence-corrected chi connectivity index (χ0v) is 12.9. The second-order valence-electron chi connectivity index (χ2n) is 5.41. The number of fused-ring (bicyclic) bond motifs is 1. The molecular weight excluding hydrogens is 297 g/mol. The Morgan fingerprint density at radius 3 is 3.04 bits per heavy atom. The minimum atomic E-state index is -0.464. The minimum Gasteiger partial charge on any atom is -0.469 e. The van der Waals surface area contributed by atoms with Crippen LogP contribution in [0.2, 0.25) is 0 Å². The molecule has 0 saturated heterocycles. The molecule has 120 valence electrons. The fourth-order valence-electron chi connectivity index (χ4n) is 2.55. The van der Waals surface area contributed by atoms with Crippen molar-refractivity contribution in [1.29, 1.82) is 0 Å². The van der Waals surface area contributed by atoms with Crippen molar-refractivity contribution in [2.75, 3.05) is 19.0 Å². The van der Waals surface area contributed by atoms with Gasteiger partial charge in [-0.15, -0.1) is 0 Å². The number of ether oxygens (including phenoxy) is 1. The van der Waals surface area contributed by atoms with E-state index in [0.29, 0.717) is 17.1 Å². The van der Waals surface area contributed by atoms with E-state index in [4.69, 9.17) is 0 Å². The van der Waals surface area contributed by atoms with Gasteiger partial charge in [-0.2, -0.15) is 0 Å². The van der Waals surface area contributed by atoms with Crippen LogP contribution >= 0.6 is 0 Å². The first-order valence-corrected chi connectivity index (χ1v) is 7.47. The van der Waals surface area contributed by atoms with Gasteiger partial charge in [-0.3, -0.25) is 4.79 Å². The molecule has 0 aliphatic carbocycles. The topological polar surface area (TPSA) is 63.2 Å². The summed E-state index contributed by atoms with van der Waals surface area (Å²) in [5.74, 6) is -0.235. The van der Waals surface area contributed by atoms with Crippen LogP contribution < -0.4 is 10.6 Å². The summed E-state index contributed by atoms with van der Waals surface area (Å²) in [6, 6.07) is 8.60. The number of rotatable bonds is 4. The average molecular weight is 315 g/mol. The van der Waals surface area contributed by atoms with E-state index < -0.39 is 11.8 Å². The van der Waals surface area contributed by atoms with Gasteiger partial charge in [0.2, 0.25) is 0 Å². The Kier molecular flexibility index (Phi) is 4.52. The number of carbonyl (C=O) groups excluding carboxylic acids is 1. The number of halogens is 1. The predicted octanol–water partition coefficient (Wildman–Crippen LogP) is 2.33. The van der Waals surface area contributed by atoms with Crippen LogP contribution in [0.15, 0.2) is 30.3 Å². The molecule has 2 N–H and O–H groups in total. The second-order valence-corrected chi connectivity index (χ2v) is 5.41. The average Bonchev–Trinajstić information content (AvgIpc) is 2.57. The van der Waals surface area contributed by atoms with Gasteiger partial charge in [-0.1, -0.05) is 12.1 Å². The highest BCUT2D eigenvalue weighted by Gasteiger charge is 2.12. The number of pyridine rings is 1. The van der Waals surface area contributed by atoms with E-state index in [2.05, 4.69) is 20.4 Å². The SMILES string of the molecule is COC(=O)Cc1ccc(Nc2ccc3c(n2)CNCC3)cc1F. The van der Waals surface area contributed by atoms with Gasteiger partial charge in [0.1, 0.15) is 11.6 Å². The van der Waals surface area contributed by atoms with Gasteiger partial charge in [0.05, 0.1) is 19.2 Å². The molecule has 1 aliphatic rings. The molecule has 0 radical (unpaired) electrons. The number of nitrogens with one attached hydrogen (secondary N) is 2. The summed E-state index contributed by atoms with van der Waals surface area (Å²) < 4.78 is 18.6. The molecule has 0 spiro atoms. The van der Waals surface area contributed by atoms with E-state index >= 15 is 0 Å². The molecule has 2 heterocycles. The number of aromatic nitrogens is 1. The van der Waals surface area contributed by atoms with Crippen molar-refractivity contribution in [1.82, 2.24) is 10.3 Å². The van der Waals surface area contributed by atoms with E-state index in [0.717, 1.165) is 25.2 Å². The highest BCUT2D eigenvalue weighted by atomic mass is 19.1. The van der Waals surface area contributed by atoms with E-state index in [1.54, 1.807) is 12.1 Å². The fourth-order valence-corrected chi connectivity index (χ4v) is 2.55. The number of hydrogen-bond donors (Lipinski definition) is 2. The maximum absolute atomic E-state index is 14.0. The van der Waals surface area contributed by atoms with Gasteiger partial charge < -0.3 is 15.4 Å². The Balaban J connectivity index is 1.75. The Morgan fingerprint density at radius 2 is 2.26 bits per heavy atom. The molecule has 0 fully saturated rings. The van der Waals surface area contributed by atoms with Crippen LogP contribution in [-0.4, -0.2) is 24.6 Å². The first kappa shape index (κ1) is 15.4. The summed E-state index contributed by atoms with van der Waals surface area (Å²) in [6.45, 7) is 1.71. The molecule has 0 unspecified atom stereocenters. The zero-order valence-electron chi connectivity index (χ0n) is 12.9. The lowest BCUT2D eigenvalue weighted by atomic mass is 10.1. The van der Waals surface area contributed by atoms with E-state index in [-0.39, 0.29) is 6.42 Å². The summed E-state index contributed by atoms with van der Waals surface area (Å²) in [7, 11) is 1.28. The van der Waals surface area contributed by atoms with Crippen molar-refractivity contribution >= 4 is 17.5 Å². The molecule has 5 nitrogen and oxygen atoms in total. The molecular formula is C17H18FN3O2. The van der Waals surface area contributed by atoms with Crippen molar-refractivity contribution in [2.45, 2.75) is 19.4 Å². The van der Waals surface area contributed by atoms with Gasteiger partial charge in [0.15, 0.2) is 0 Å². The smallest absolute Gasteiger partial charge is 0.310 e. The zero-order chi connectivity index (χ0) is 16.2. The summed E-state index contributed by atoms with van der Waals surface area (Å²) in [5.41, 5.74) is 3.16. The fraction of sp³-hybridized carbons (Fsp3) is 0.294. The number of esters is 1. The third-order valence-electron chi connectivity index (χ3n) is 3.82. The van der Waals surface area contributed by atoms with Gasteiger partial charge in [-0.05, 0) is 42.3 Å². The lowest BCUT2D eigenvalue weighted by Crippen LogP contribution is -2.24. The van der Waals surface area contributed by atoms with Gasteiger partial charge in [-0.25, -0.2) is 9.37 Å². The molecule has 3 rings (SSSR count). The van der Waals surface area contributed by atoms with Gasteiger partial charge >= 0.3 is 5.97 Å². The van der Waals surface area contributed by atoms with Crippen LogP contribution in [0.1, 0.15) is 16.8 Å². The van der Waals surface area contributed by atoms with Crippen LogP contribution in [0.25, 0.3) is 0 Å². The lowest BCUT2D eigenvalue weighted by Gasteiger charge is -2.17. The van der Waals surface area contributed by atoms with Crippen LogP contribution in [0.4, 0.5) is 15.9 Å². The van der Waals surface area contributed by atoms with E-state index in [1.807, 2.05) is 12.1 Å². The van der Waals surface area contributed by atoms with E-state index in [1.165, 1.54) is 18.7 Å². The van der Waals surface area contributed by atoms with Crippen molar-refractivity contribution in [3.63, 3.8) is 0 Å². The summed E-state index contributed by atoms with van der Waals surface area (Å²) >= 11 is 0. The van der Waals surface area contributed by atoms with Crippen molar-refractivity contribution < 1.29 is 13.9 Å². The van der Waals surface area contributed by atoms with Crippen molar-refractivity contribution in [3.05, 3.63) is 53.0 Å². The predicted molar refractivity (Wildman–Crippen MR) is 85.1 cm³/mol. The Hall–Kier alpha value is -2.47. The van der Waals surface area contributed by atoms with Gasteiger partial charge in [0.25, 0.3) is 0 Å². The van der Waals surface area contributed by atoms with Crippen LogP contribution in [0, 0.1) is 5.82 Å².